The van der Waals surface area contributed by atoms with Crippen LogP contribution in [0.2, 0.25) is 0 Å². The van der Waals surface area contributed by atoms with Crippen molar-refractivity contribution in [3.63, 3.8) is 0 Å². The van der Waals surface area contributed by atoms with Gasteiger partial charge in [0.1, 0.15) is 5.75 Å². The zero-order chi connectivity index (χ0) is 30.5. The predicted octanol–water partition coefficient (Wildman–Crippen LogP) is 6.09. The number of carbonyl (C=O) groups is 3. The normalized spacial score (nSPS) is 16.0. The van der Waals surface area contributed by atoms with Crippen molar-refractivity contribution in [3.8, 4) is 5.75 Å². The van der Waals surface area contributed by atoms with Gasteiger partial charge in [-0.3, -0.25) is 4.79 Å². The first-order valence-corrected chi connectivity index (χ1v) is 15.4. The van der Waals surface area contributed by atoms with Crippen molar-refractivity contribution in [3.05, 3.63) is 68.2 Å². The van der Waals surface area contributed by atoms with E-state index in [4.69, 9.17) is 14.2 Å². The molecule has 0 fully saturated rings. The summed E-state index contributed by atoms with van der Waals surface area (Å²) in [6.07, 6.45) is 0. The van der Waals surface area contributed by atoms with E-state index < -0.39 is 45.9 Å². The van der Waals surface area contributed by atoms with Crippen LogP contribution < -0.4 is 4.74 Å². The number of benzene rings is 1. The molecule has 4 rings (SSSR count). The van der Waals surface area contributed by atoms with Gasteiger partial charge in [-0.2, -0.15) is 0 Å². The Labute approximate surface area is 248 Å². The number of ether oxygens (including phenoxy) is 3. The molecule has 0 radical (unpaired) electrons. The number of rotatable bonds is 6. The number of allylic oxidation sites excluding steroid dienone is 1. The Hall–Kier alpha value is -3.29. The molecule has 0 aliphatic carbocycles. The first-order valence-electron chi connectivity index (χ1n) is 13.3. The van der Waals surface area contributed by atoms with Gasteiger partial charge in [0.15, 0.2) is 0 Å². The fraction of sp³-hybridized carbons (Fsp3) is 0.379. The van der Waals surface area contributed by atoms with Crippen LogP contribution in [0.4, 0.5) is 8.63 Å². The molecule has 0 bridgehead atoms. The summed E-state index contributed by atoms with van der Waals surface area (Å²) >= 11 is -1.53. The van der Waals surface area contributed by atoms with Gasteiger partial charge in [0.05, 0.1) is 24.4 Å². The van der Waals surface area contributed by atoms with Crippen molar-refractivity contribution >= 4 is 55.0 Å². The molecule has 41 heavy (non-hydrogen) atoms. The fourth-order valence-corrected chi connectivity index (χ4v) is 8.89. The average molecular weight is 681 g/mol. The molecule has 0 spiro atoms. The minimum absolute atomic E-state index is 0.0966. The van der Waals surface area contributed by atoms with Crippen LogP contribution >= 0.6 is 21.0 Å². The third kappa shape index (κ3) is 4.93. The molecule has 2 aromatic rings. The van der Waals surface area contributed by atoms with E-state index in [2.05, 4.69) is 0 Å². The van der Waals surface area contributed by atoms with E-state index in [0.29, 0.717) is 48.2 Å². The topological polar surface area (TPSA) is 87.1 Å². The van der Waals surface area contributed by atoms with Gasteiger partial charge in [0.25, 0.3) is 0 Å². The summed E-state index contributed by atoms with van der Waals surface area (Å²) in [5, 5.41) is 0. The molecule has 3 heterocycles. The number of hydrogen-bond donors (Lipinski definition) is 0. The molecular weight excluding hydrogens is 648 g/mol. The highest BCUT2D eigenvalue weighted by atomic mass is 127. The minimum Gasteiger partial charge on any atom is -0.462 e. The maximum atomic E-state index is 16.7. The molecule has 2 aliphatic heterocycles. The number of carbonyl (C=O) groups excluding carboxylic acids is 3. The van der Waals surface area contributed by atoms with E-state index in [1.807, 2.05) is 13.8 Å². The van der Waals surface area contributed by atoms with E-state index in [9.17, 15) is 14.4 Å². The minimum atomic E-state index is -4.40. The third-order valence-electron chi connectivity index (χ3n) is 7.23. The largest absolute Gasteiger partial charge is 0.537 e. The van der Waals surface area contributed by atoms with E-state index >= 15 is 8.63 Å². The second-order valence-electron chi connectivity index (χ2n) is 10.0. The molecule has 0 saturated carbocycles. The highest BCUT2D eigenvalue weighted by molar-refractivity contribution is 14.2. The number of nitrogens with zero attached hydrogens (tertiary/aromatic N) is 2. The highest BCUT2D eigenvalue weighted by Crippen LogP contribution is 2.52. The molecule has 0 N–H and O–H groups in total. The summed E-state index contributed by atoms with van der Waals surface area (Å²) in [6, 6.07) is 3.36. The summed E-state index contributed by atoms with van der Waals surface area (Å²) in [5.41, 5.74) is 4.19. The molecule has 0 unspecified atom stereocenters. The Morgan fingerprint density at radius 3 is 2.02 bits per heavy atom. The van der Waals surface area contributed by atoms with Crippen LogP contribution in [0.1, 0.15) is 78.6 Å². The van der Waals surface area contributed by atoms with E-state index in [0.717, 1.165) is 7.50 Å². The summed E-state index contributed by atoms with van der Waals surface area (Å²) in [7, 11) is 0. The molecule has 0 amide bonds. The number of aryl methyl sites for hydroxylation is 2. The molecule has 8 nitrogen and oxygen atoms in total. The van der Waals surface area contributed by atoms with E-state index in [1.165, 1.54) is 13.8 Å². The van der Waals surface area contributed by atoms with Gasteiger partial charge in [-0.15, -0.1) is 0 Å². The van der Waals surface area contributed by atoms with Crippen LogP contribution in [0.3, 0.4) is 0 Å². The number of halogens is 3. The molecular formula is C29H33BF2IN2O6-. The third-order valence-corrected chi connectivity index (χ3v) is 10.2. The summed E-state index contributed by atoms with van der Waals surface area (Å²) in [6.45, 7) is 10.7. The van der Waals surface area contributed by atoms with Crippen molar-refractivity contribution in [2.45, 2.75) is 62.3 Å². The first kappa shape index (κ1) is 30.7. The maximum Gasteiger partial charge on any atom is 0.537 e. The van der Waals surface area contributed by atoms with Gasteiger partial charge in [0, 0.05) is 27.4 Å². The lowest BCUT2D eigenvalue weighted by atomic mass is 9.81. The van der Waals surface area contributed by atoms with Gasteiger partial charge in [-0.05, 0) is 122 Å². The van der Waals surface area contributed by atoms with Gasteiger partial charge >= 0.3 is 24.9 Å². The van der Waals surface area contributed by atoms with Gasteiger partial charge in [-0.1, -0.05) is 0 Å². The fourth-order valence-electron chi connectivity index (χ4n) is 5.82. The van der Waals surface area contributed by atoms with Crippen LogP contribution in [0, 0.1) is 27.7 Å². The lowest BCUT2D eigenvalue weighted by molar-refractivity contribution is -0.138. The Balaban J connectivity index is 2.21. The van der Waals surface area contributed by atoms with Crippen molar-refractivity contribution in [1.29, 1.82) is 0 Å². The lowest BCUT2D eigenvalue weighted by Gasteiger charge is -2.49. The Morgan fingerprint density at radius 1 is 0.927 bits per heavy atom. The SMILES string of the molecule is CCOC(=O)C1=C(C)C2=C(c3c(C)cc(OC(C)=O)cc3C)c3c(C)c(C(=O)OCC)c(C)n3[B-](F)(F)N2I=C1C. The lowest BCUT2D eigenvalue weighted by Crippen LogP contribution is -2.53. The smallest absolute Gasteiger partial charge is 0.462 e. The molecule has 1 aromatic carbocycles. The second kappa shape index (κ2) is 11.2. The van der Waals surface area contributed by atoms with Crippen molar-refractivity contribution in [2.75, 3.05) is 13.2 Å². The summed E-state index contributed by atoms with van der Waals surface area (Å²) in [5.74, 6) is -1.37. The van der Waals surface area contributed by atoms with Crippen LogP contribution in [-0.4, -0.2) is 49.1 Å². The number of hydrogen-bond acceptors (Lipinski definition) is 7. The Morgan fingerprint density at radius 2 is 1.49 bits per heavy atom. The highest BCUT2D eigenvalue weighted by Gasteiger charge is 2.49. The summed E-state index contributed by atoms with van der Waals surface area (Å²) in [4.78, 5) is 37.8. The quantitative estimate of drug-likeness (QED) is 0.120. The molecule has 2 aliphatic rings. The number of esters is 3. The molecule has 12 heteroatoms. The summed E-state index contributed by atoms with van der Waals surface area (Å²) < 4.78 is 52.1. The van der Waals surface area contributed by atoms with Gasteiger partial charge in [0.2, 0.25) is 0 Å². The van der Waals surface area contributed by atoms with Crippen LogP contribution in [0.25, 0.3) is 5.57 Å². The first-order chi connectivity index (χ1) is 19.2. The van der Waals surface area contributed by atoms with E-state index in [-0.39, 0.29) is 35.9 Å². The molecule has 0 atom stereocenters. The standard InChI is InChI=1S/C29H33BF2IN2O6/c1-10-39-28(37)23-16(5)27-25(22-14(3)12-21(13-15(22)4)41-20(9)36)26-17(6)24(29(38)40-11-2)19(8)34(26)30(31,32)35(27)33-18(23)7/h12-13H,10-11H2,1-9H3/q-1. The zero-order valence-corrected chi connectivity index (χ0v) is 26.8. The van der Waals surface area contributed by atoms with Crippen LogP contribution in [0.5, 0.6) is 5.75 Å². The van der Waals surface area contributed by atoms with E-state index in [1.54, 1.807) is 46.8 Å². The number of aromatic nitrogens is 1. The van der Waals surface area contributed by atoms with Crippen LogP contribution in [-0.2, 0) is 19.1 Å². The van der Waals surface area contributed by atoms with Crippen molar-refractivity contribution < 1.29 is 37.2 Å². The average Bonchev–Trinajstić information content (AvgIpc) is 3.11. The van der Waals surface area contributed by atoms with Crippen molar-refractivity contribution in [1.82, 2.24) is 7.50 Å². The Bertz CT molecular complexity index is 1580. The molecule has 0 saturated heterocycles. The molecule has 1 aromatic heterocycles. The molecule has 220 valence electrons. The van der Waals surface area contributed by atoms with Gasteiger partial charge in [-0.25, -0.2) is 9.59 Å². The monoisotopic (exact) mass is 681 g/mol. The van der Waals surface area contributed by atoms with Crippen LogP contribution in [0.15, 0.2) is 29.0 Å². The second-order valence-corrected chi connectivity index (χ2v) is 13.2. The predicted molar refractivity (Wildman–Crippen MR) is 162 cm³/mol. The van der Waals surface area contributed by atoms with Gasteiger partial charge < -0.3 is 30.3 Å². The zero-order valence-electron chi connectivity index (χ0n) is 24.6. The maximum absolute atomic E-state index is 16.7. The Kier molecular flexibility index (Phi) is 8.36. The number of fused-ring (bicyclic) bond motifs is 2. The van der Waals surface area contributed by atoms with Crippen molar-refractivity contribution in [2.24, 2.45) is 0 Å².